The van der Waals surface area contributed by atoms with Gasteiger partial charge < -0.3 is 15.0 Å². The number of hydrogen-bond donors (Lipinski definition) is 2. The van der Waals surface area contributed by atoms with Gasteiger partial charge in [0.2, 0.25) is 0 Å². The third-order valence-electron chi connectivity index (χ3n) is 4.03. The van der Waals surface area contributed by atoms with Crippen molar-refractivity contribution in [2.24, 2.45) is 0 Å². The predicted octanol–water partition coefficient (Wildman–Crippen LogP) is 4.98. The molecular formula is C21H17N3O2S. The van der Waals surface area contributed by atoms with E-state index in [4.69, 9.17) is 4.74 Å². The van der Waals surface area contributed by atoms with E-state index in [0.717, 1.165) is 26.8 Å². The Kier molecular flexibility index (Phi) is 4.80. The molecule has 1 aromatic heterocycles. The van der Waals surface area contributed by atoms with Crippen molar-refractivity contribution in [1.82, 2.24) is 9.97 Å². The number of benzene rings is 3. The first-order chi connectivity index (χ1) is 13.2. The molecule has 0 radical (unpaired) electrons. The first-order valence-electron chi connectivity index (χ1n) is 8.39. The zero-order chi connectivity index (χ0) is 18.6. The van der Waals surface area contributed by atoms with Crippen LogP contribution in [0, 0.1) is 0 Å². The second-order valence-electron chi connectivity index (χ2n) is 5.87. The number of H-pyrrole nitrogens is 1. The molecule has 0 aliphatic carbocycles. The van der Waals surface area contributed by atoms with Gasteiger partial charge in [-0.25, -0.2) is 4.98 Å². The zero-order valence-electron chi connectivity index (χ0n) is 14.6. The van der Waals surface area contributed by atoms with Crippen molar-refractivity contribution in [3.8, 4) is 5.75 Å². The summed E-state index contributed by atoms with van der Waals surface area (Å²) in [6.45, 7) is 0. The van der Waals surface area contributed by atoms with E-state index < -0.39 is 0 Å². The molecule has 4 rings (SSSR count). The molecule has 1 heterocycles. The summed E-state index contributed by atoms with van der Waals surface area (Å²) in [5.41, 5.74) is 3.25. The monoisotopic (exact) mass is 375 g/mol. The third kappa shape index (κ3) is 3.96. The summed E-state index contributed by atoms with van der Waals surface area (Å²) in [7, 11) is 1.58. The highest BCUT2D eigenvalue weighted by Gasteiger charge is 2.08. The largest absolute Gasteiger partial charge is 0.497 e. The molecule has 0 aliphatic rings. The van der Waals surface area contributed by atoms with Crippen LogP contribution in [0.25, 0.3) is 11.0 Å². The van der Waals surface area contributed by atoms with Crippen LogP contribution in [0.2, 0.25) is 0 Å². The quantitative estimate of drug-likeness (QED) is 0.516. The Hall–Kier alpha value is -3.25. The number of aromatic nitrogens is 2. The average molecular weight is 375 g/mol. The van der Waals surface area contributed by atoms with Gasteiger partial charge in [0.25, 0.3) is 5.91 Å². The molecule has 3 aromatic carbocycles. The lowest BCUT2D eigenvalue weighted by Crippen LogP contribution is -2.11. The molecular weight excluding hydrogens is 358 g/mol. The lowest BCUT2D eigenvalue weighted by atomic mass is 10.2. The van der Waals surface area contributed by atoms with Crippen LogP contribution in [0.3, 0.4) is 0 Å². The number of imidazole rings is 1. The fraction of sp³-hybridized carbons (Fsp3) is 0.0476. The number of nitrogens with zero attached hydrogens (tertiary/aromatic N) is 1. The maximum Gasteiger partial charge on any atom is 0.255 e. The van der Waals surface area contributed by atoms with Gasteiger partial charge in [-0.3, -0.25) is 4.79 Å². The molecule has 0 spiro atoms. The van der Waals surface area contributed by atoms with Gasteiger partial charge in [-0.1, -0.05) is 30.0 Å². The summed E-state index contributed by atoms with van der Waals surface area (Å²) < 4.78 is 5.16. The molecule has 5 nitrogen and oxygen atoms in total. The maximum atomic E-state index is 12.4. The van der Waals surface area contributed by atoms with Gasteiger partial charge in [-0.05, 0) is 54.6 Å². The number of fused-ring (bicyclic) bond motifs is 1. The van der Waals surface area contributed by atoms with Crippen LogP contribution in [0.15, 0.2) is 82.8 Å². The van der Waals surface area contributed by atoms with Crippen LogP contribution in [0.1, 0.15) is 10.4 Å². The second kappa shape index (κ2) is 7.55. The van der Waals surface area contributed by atoms with Crippen molar-refractivity contribution in [2.75, 3.05) is 12.4 Å². The fourth-order valence-corrected chi connectivity index (χ4v) is 3.46. The number of ether oxygens (including phenoxy) is 1. The zero-order valence-corrected chi connectivity index (χ0v) is 15.4. The summed E-state index contributed by atoms with van der Waals surface area (Å²) in [4.78, 5) is 21.3. The van der Waals surface area contributed by atoms with Gasteiger partial charge in [0.1, 0.15) is 5.75 Å². The van der Waals surface area contributed by atoms with Gasteiger partial charge in [0.05, 0.1) is 18.1 Å². The van der Waals surface area contributed by atoms with Crippen LogP contribution in [-0.4, -0.2) is 23.0 Å². The fourth-order valence-electron chi connectivity index (χ4n) is 2.66. The van der Waals surface area contributed by atoms with Crippen molar-refractivity contribution < 1.29 is 9.53 Å². The number of carbonyl (C=O) groups excluding carboxylic acids is 1. The third-order valence-corrected chi connectivity index (χ3v) is 4.92. The van der Waals surface area contributed by atoms with E-state index in [-0.39, 0.29) is 5.91 Å². The summed E-state index contributed by atoms with van der Waals surface area (Å²) in [5, 5.41) is 3.73. The number of carbonyl (C=O) groups is 1. The molecule has 0 aliphatic heterocycles. The Bertz CT molecular complexity index is 1060. The van der Waals surface area contributed by atoms with Gasteiger partial charge in [0, 0.05) is 16.1 Å². The summed E-state index contributed by atoms with van der Waals surface area (Å²) in [5.74, 6) is 0.479. The molecule has 6 heteroatoms. The topological polar surface area (TPSA) is 67.0 Å². The normalized spacial score (nSPS) is 10.7. The molecule has 0 unspecified atom stereocenters. The highest BCUT2D eigenvalue weighted by Crippen LogP contribution is 2.28. The van der Waals surface area contributed by atoms with Crippen LogP contribution in [0.4, 0.5) is 5.69 Å². The predicted molar refractivity (Wildman–Crippen MR) is 108 cm³/mol. The Morgan fingerprint density at radius 2 is 1.85 bits per heavy atom. The van der Waals surface area contributed by atoms with E-state index >= 15 is 0 Å². The van der Waals surface area contributed by atoms with Crippen molar-refractivity contribution in [1.29, 1.82) is 0 Å². The van der Waals surface area contributed by atoms with E-state index in [1.165, 1.54) is 0 Å². The van der Waals surface area contributed by atoms with Gasteiger partial charge >= 0.3 is 0 Å². The van der Waals surface area contributed by atoms with Crippen LogP contribution >= 0.6 is 11.8 Å². The number of para-hydroxylation sites is 2. The highest BCUT2D eigenvalue weighted by molar-refractivity contribution is 7.99. The maximum absolute atomic E-state index is 12.4. The lowest BCUT2D eigenvalue weighted by Gasteiger charge is -2.07. The van der Waals surface area contributed by atoms with E-state index in [1.54, 1.807) is 43.1 Å². The Morgan fingerprint density at radius 1 is 1.04 bits per heavy atom. The number of nitrogens with one attached hydrogen (secondary N) is 2. The minimum Gasteiger partial charge on any atom is -0.497 e. The summed E-state index contributed by atoms with van der Waals surface area (Å²) in [6.07, 6.45) is 0. The number of aromatic amines is 1. The molecule has 1 amide bonds. The van der Waals surface area contributed by atoms with Gasteiger partial charge in [0.15, 0.2) is 5.16 Å². The average Bonchev–Trinajstić information content (AvgIpc) is 3.12. The molecule has 0 fully saturated rings. The Morgan fingerprint density at radius 3 is 2.63 bits per heavy atom. The first-order valence-corrected chi connectivity index (χ1v) is 9.21. The Labute approximate surface area is 160 Å². The highest BCUT2D eigenvalue weighted by atomic mass is 32.2. The van der Waals surface area contributed by atoms with Crippen molar-refractivity contribution in [3.63, 3.8) is 0 Å². The number of amides is 1. The number of hydrogen-bond acceptors (Lipinski definition) is 4. The van der Waals surface area contributed by atoms with E-state index in [2.05, 4.69) is 15.3 Å². The number of methoxy groups -OCH3 is 1. The lowest BCUT2D eigenvalue weighted by molar-refractivity contribution is 0.102. The minimum atomic E-state index is -0.174. The Balaban J connectivity index is 1.44. The molecule has 27 heavy (non-hydrogen) atoms. The molecule has 0 bridgehead atoms. The molecule has 2 N–H and O–H groups in total. The molecule has 0 saturated carbocycles. The summed E-state index contributed by atoms with van der Waals surface area (Å²) in [6, 6.07) is 22.7. The summed E-state index contributed by atoms with van der Waals surface area (Å²) >= 11 is 1.55. The molecule has 0 atom stereocenters. The van der Waals surface area contributed by atoms with E-state index in [0.29, 0.717) is 11.3 Å². The second-order valence-corrected chi connectivity index (χ2v) is 6.93. The first kappa shape index (κ1) is 17.2. The van der Waals surface area contributed by atoms with Crippen LogP contribution in [0.5, 0.6) is 5.75 Å². The van der Waals surface area contributed by atoms with Crippen molar-refractivity contribution >= 4 is 34.4 Å². The van der Waals surface area contributed by atoms with E-state index in [9.17, 15) is 4.79 Å². The van der Waals surface area contributed by atoms with Gasteiger partial charge in [-0.2, -0.15) is 0 Å². The van der Waals surface area contributed by atoms with Crippen molar-refractivity contribution in [2.45, 2.75) is 10.1 Å². The van der Waals surface area contributed by atoms with Crippen molar-refractivity contribution in [3.05, 3.63) is 78.4 Å². The van der Waals surface area contributed by atoms with Gasteiger partial charge in [-0.15, -0.1) is 0 Å². The SMILES string of the molecule is COc1cccc(C(=O)Nc2ccc(Sc3nc4ccccc4[nH]3)cc2)c1. The molecule has 0 saturated heterocycles. The number of rotatable bonds is 5. The van der Waals surface area contributed by atoms with Crippen LogP contribution < -0.4 is 10.1 Å². The molecule has 134 valence electrons. The smallest absolute Gasteiger partial charge is 0.255 e. The number of anilines is 1. The van der Waals surface area contributed by atoms with Crippen LogP contribution in [-0.2, 0) is 0 Å². The molecule has 4 aromatic rings. The standard InChI is InChI=1S/C21H17N3O2S/c1-26-16-6-4-5-14(13-16)20(25)22-15-9-11-17(12-10-15)27-21-23-18-7-2-3-8-19(18)24-21/h2-13H,1H3,(H,22,25)(H,23,24). The van der Waals surface area contributed by atoms with E-state index in [1.807, 2.05) is 48.5 Å². The minimum absolute atomic E-state index is 0.174.